The maximum atomic E-state index is 10.5. The molecule has 33 heavy (non-hydrogen) atoms. The van der Waals surface area contributed by atoms with Crippen molar-refractivity contribution in [1.82, 2.24) is 4.90 Å². The molecule has 0 saturated heterocycles. The van der Waals surface area contributed by atoms with Crippen LogP contribution in [0, 0.1) is 17.2 Å². The highest BCUT2D eigenvalue weighted by molar-refractivity contribution is 5.51. The number of nitrogens with zero attached hydrogens (tertiary/aromatic N) is 2. The molecule has 0 fully saturated rings. The summed E-state index contributed by atoms with van der Waals surface area (Å²) in [6, 6.07) is 16.3. The van der Waals surface area contributed by atoms with E-state index in [0.717, 1.165) is 44.2 Å². The van der Waals surface area contributed by atoms with E-state index >= 15 is 0 Å². The number of rotatable bonds is 14. The third kappa shape index (κ3) is 6.97. The van der Waals surface area contributed by atoms with E-state index in [1.54, 1.807) is 14.2 Å². The summed E-state index contributed by atoms with van der Waals surface area (Å²) < 4.78 is 16.2. The molecule has 0 heterocycles. The van der Waals surface area contributed by atoms with Crippen LogP contribution in [0.1, 0.15) is 37.8 Å². The van der Waals surface area contributed by atoms with Gasteiger partial charge in [-0.25, -0.2) is 0 Å². The van der Waals surface area contributed by atoms with Gasteiger partial charge in [-0.1, -0.05) is 32.0 Å². The molecule has 0 spiro atoms. The van der Waals surface area contributed by atoms with Gasteiger partial charge in [0.05, 0.1) is 25.7 Å². The lowest BCUT2D eigenvalue weighted by Crippen LogP contribution is -2.32. The first kappa shape index (κ1) is 26.2. The Labute approximate surface area is 198 Å². The van der Waals surface area contributed by atoms with Crippen molar-refractivity contribution in [3.63, 3.8) is 0 Å². The number of methoxy groups -OCH3 is 2. The molecule has 6 heteroatoms. The lowest BCUT2D eigenvalue weighted by Gasteiger charge is -2.32. The van der Waals surface area contributed by atoms with Crippen LogP contribution in [0.25, 0.3) is 0 Å². The van der Waals surface area contributed by atoms with Gasteiger partial charge < -0.3 is 19.1 Å². The number of aldehydes is 1. The molecule has 0 aromatic heterocycles. The molecular formula is C27H36N2O4. The predicted octanol–water partition coefficient (Wildman–Crippen LogP) is 4.65. The van der Waals surface area contributed by atoms with Gasteiger partial charge in [-0.3, -0.25) is 4.79 Å². The molecule has 2 aromatic rings. The molecule has 0 radical (unpaired) electrons. The van der Waals surface area contributed by atoms with Crippen molar-refractivity contribution in [1.29, 1.82) is 5.26 Å². The first-order valence-corrected chi connectivity index (χ1v) is 11.4. The SMILES string of the molecule is COc1ccc(C(C#N)(CCCN(C)CCc2cccc(OCC=O)c2)C(C)C)cc1OC. The smallest absolute Gasteiger partial charge is 0.161 e. The minimum Gasteiger partial charge on any atom is -0.493 e. The van der Waals surface area contributed by atoms with Gasteiger partial charge >= 0.3 is 0 Å². The number of benzene rings is 2. The molecule has 178 valence electrons. The fourth-order valence-electron chi connectivity index (χ4n) is 4.11. The van der Waals surface area contributed by atoms with Crippen LogP contribution < -0.4 is 14.2 Å². The van der Waals surface area contributed by atoms with Gasteiger partial charge in [0.2, 0.25) is 0 Å². The largest absolute Gasteiger partial charge is 0.493 e. The summed E-state index contributed by atoms with van der Waals surface area (Å²) in [5, 5.41) is 10.2. The summed E-state index contributed by atoms with van der Waals surface area (Å²) in [5.41, 5.74) is 1.54. The Kier molecular flexibility index (Phi) is 10.2. The number of carbonyl (C=O) groups excluding carboxylic acids is 1. The van der Waals surface area contributed by atoms with E-state index in [4.69, 9.17) is 14.2 Å². The quantitative estimate of drug-likeness (QED) is 0.389. The van der Waals surface area contributed by atoms with E-state index in [2.05, 4.69) is 37.9 Å². The van der Waals surface area contributed by atoms with Gasteiger partial charge in [0, 0.05) is 6.54 Å². The molecule has 2 rings (SSSR count). The van der Waals surface area contributed by atoms with Gasteiger partial charge in [-0.05, 0) is 74.2 Å². The number of hydrogen-bond donors (Lipinski definition) is 0. The van der Waals surface area contributed by atoms with Crippen molar-refractivity contribution < 1.29 is 19.0 Å². The van der Waals surface area contributed by atoms with Gasteiger partial charge in [-0.15, -0.1) is 0 Å². The Morgan fingerprint density at radius 2 is 1.85 bits per heavy atom. The molecular weight excluding hydrogens is 416 g/mol. The Hall–Kier alpha value is -3.04. The van der Waals surface area contributed by atoms with Crippen LogP contribution in [0.5, 0.6) is 17.2 Å². The second-order valence-corrected chi connectivity index (χ2v) is 8.59. The lowest BCUT2D eigenvalue weighted by molar-refractivity contribution is -0.109. The van der Waals surface area contributed by atoms with Crippen LogP contribution >= 0.6 is 0 Å². The minimum absolute atomic E-state index is 0.0694. The molecule has 1 unspecified atom stereocenters. The molecule has 0 aliphatic carbocycles. The van der Waals surface area contributed by atoms with Crippen molar-refractivity contribution in [2.45, 2.75) is 38.5 Å². The van der Waals surface area contributed by atoms with Crippen molar-refractivity contribution >= 4 is 6.29 Å². The molecule has 0 N–H and O–H groups in total. The zero-order valence-electron chi connectivity index (χ0n) is 20.5. The minimum atomic E-state index is -0.593. The third-order valence-electron chi connectivity index (χ3n) is 6.19. The summed E-state index contributed by atoms with van der Waals surface area (Å²) in [6.45, 7) is 6.06. The summed E-state index contributed by atoms with van der Waals surface area (Å²) in [5.74, 6) is 2.18. The maximum Gasteiger partial charge on any atom is 0.161 e. The van der Waals surface area contributed by atoms with Crippen LogP contribution in [0.15, 0.2) is 42.5 Å². The van der Waals surface area contributed by atoms with Crippen LogP contribution in [0.2, 0.25) is 0 Å². The van der Waals surface area contributed by atoms with Crippen molar-refractivity contribution in [2.24, 2.45) is 5.92 Å². The van der Waals surface area contributed by atoms with Gasteiger partial charge in [0.1, 0.15) is 12.4 Å². The highest BCUT2D eigenvalue weighted by Gasteiger charge is 2.36. The Morgan fingerprint density at radius 1 is 1.09 bits per heavy atom. The van der Waals surface area contributed by atoms with Crippen molar-refractivity contribution in [3.05, 3.63) is 53.6 Å². The Bertz CT molecular complexity index is 938. The molecule has 0 amide bonds. The number of hydrogen-bond acceptors (Lipinski definition) is 6. The van der Waals surface area contributed by atoms with E-state index < -0.39 is 5.41 Å². The number of nitriles is 1. The number of carbonyl (C=O) groups is 1. The molecule has 0 aliphatic heterocycles. The Morgan fingerprint density at radius 3 is 2.48 bits per heavy atom. The van der Waals surface area contributed by atoms with Crippen LogP contribution in [-0.2, 0) is 16.6 Å². The van der Waals surface area contributed by atoms with Gasteiger partial charge in [-0.2, -0.15) is 5.26 Å². The molecule has 0 saturated carbocycles. The van der Waals surface area contributed by atoms with Crippen molar-refractivity contribution in [3.8, 4) is 23.3 Å². The maximum absolute atomic E-state index is 10.5. The first-order chi connectivity index (χ1) is 15.9. The molecule has 1 atom stereocenters. The monoisotopic (exact) mass is 452 g/mol. The number of likely N-dealkylation sites (N-methyl/N-ethyl adjacent to an activating group) is 1. The highest BCUT2D eigenvalue weighted by Crippen LogP contribution is 2.40. The zero-order chi connectivity index (χ0) is 24.3. The normalized spacial score (nSPS) is 12.8. The van der Waals surface area contributed by atoms with E-state index in [1.165, 1.54) is 5.56 Å². The van der Waals surface area contributed by atoms with Crippen LogP contribution in [0.3, 0.4) is 0 Å². The van der Waals surface area contributed by atoms with Gasteiger partial charge in [0.15, 0.2) is 17.8 Å². The standard InChI is InChI=1S/C27H36N2O4/c1-21(2)27(20-28,23-10-11-25(31-4)26(19-23)32-5)13-7-14-29(3)15-12-22-8-6-9-24(18-22)33-17-16-30/h6,8-11,16,18-19,21H,7,12-15,17H2,1-5H3. The van der Waals surface area contributed by atoms with E-state index in [1.807, 2.05) is 36.4 Å². The average Bonchev–Trinajstić information content (AvgIpc) is 2.83. The Balaban J connectivity index is 1.99. The third-order valence-corrected chi connectivity index (χ3v) is 6.19. The van der Waals surface area contributed by atoms with Crippen molar-refractivity contribution in [2.75, 3.05) is 41.0 Å². The second kappa shape index (κ2) is 12.9. The molecule has 0 aliphatic rings. The molecule has 0 bridgehead atoms. The first-order valence-electron chi connectivity index (χ1n) is 11.4. The van der Waals surface area contributed by atoms with E-state index in [-0.39, 0.29) is 12.5 Å². The zero-order valence-corrected chi connectivity index (χ0v) is 20.5. The summed E-state index contributed by atoms with van der Waals surface area (Å²) in [7, 11) is 5.33. The van der Waals surface area contributed by atoms with E-state index in [0.29, 0.717) is 17.2 Å². The highest BCUT2D eigenvalue weighted by atomic mass is 16.5. The summed E-state index contributed by atoms with van der Waals surface area (Å²) in [6.07, 6.45) is 3.30. The van der Waals surface area contributed by atoms with E-state index in [9.17, 15) is 10.1 Å². The average molecular weight is 453 g/mol. The fraction of sp³-hybridized carbons (Fsp3) is 0.481. The number of ether oxygens (including phenoxy) is 3. The fourth-order valence-corrected chi connectivity index (χ4v) is 4.11. The van der Waals surface area contributed by atoms with Gasteiger partial charge in [0.25, 0.3) is 0 Å². The summed E-state index contributed by atoms with van der Waals surface area (Å²) in [4.78, 5) is 12.8. The topological polar surface area (TPSA) is 71.8 Å². The van der Waals surface area contributed by atoms with Crippen LogP contribution in [-0.4, -0.2) is 52.1 Å². The predicted molar refractivity (Wildman–Crippen MR) is 130 cm³/mol. The second-order valence-electron chi connectivity index (χ2n) is 8.59. The summed E-state index contributed by atoms with van der Waals surface area (Å²) >= 11 is 0. The van der Waals surface area contributed by atoms with Crippen LogP contribution in [0.4, 0.5) is 0 Å². The molecule has 2 aromatic carbocycles. The lowest BCUT2D eigenvalue weighted by atomic mass is 9.69. The molecule has 6 nitrogen and oxygen atoms in total.